The van der Waals surface area contributed by atoms with E-state index in [1.54, 1.807) is 12.1 Å². The van der Waals surface area contributed by atoms with E-state index in [1.165, 1.54) is 29.1 Å². The van der Waals surface area contributed by atoms with Gasteiger partial charge in [0, 0.05) is 24.8 Å². The lowest BCUT2D eigenvalue weighted by atomic mass is 10.1. The number of nitrogens with one attached hydrogen (secondary N) is 1. The minimum atomic E-state index is -0.327. The molecule has 2 rings (SSSR count). The third-order valence-electron chi connectivity index (χ3n) is 3.25. The van der Waals surface area contributed by atoms with Gasteiger partial charge in [-0.05, 0) is 24.1 Å². The lowest BCUT2D eigenvalue weighted by Gasteiger charge is -2.08. The number of rotatable bonds is 6. The van der Waals surface area contributed by atoms with E-state index in [9.17, 15) is 14.0 Å². The number of amides is 1. The molecule has 1 aromatic carbocycles. The van der Waals surface area contributed by atoms with E-state index >= 15 is 0 Å². The van der Waals surface area contributed by atoms with Crippen molar-refractivity contribution in [2.75, 3.05) is 6.54 Å². The van der Waals surface area contributed by atoms with E-state index in [0.717, 1.165) is 11.3 Å². The Bertz CT molecular complexity index is 695. The minimum absolute atomic E-state index is 0.125. The average molecular weight is 303 g/mol. The molecule has 0 radical (unpaired) electrons. The molecule has 1 aromatic heterocycles. The van der Waals surface area contributed by atoms with E-state index in [-0.39, 0.29) is 23.7 Å². The number of carbonyl (C=O) groups excluding carboxylic acids is 1. The Kier molecular flexibility index (Phi) is 5.41. The van der Waals surface area contributed by atoms with E-state index in [0.29, 0.717) is 19.5 Å². The lowest BCUT2D eigenvalue weighted by Crippen LogP contribution is -2.31. The summed E-state index contributed by atoms with van der Waals surface area (Å²) in [6, 6.07) is 7.30. The molecule has 0 atom stereocenters. The number of hydrogen-bond acceptors (Lipinski definition) is 3. The first-order chi connectivity index (χ1) is 10.6. The molecule has 2 aromatic rings. The fourth-order valence-corrected chi connectivity index (χ4v) is 1.99. The standard InChI is InChI=1S/C16H18FN3O2/c1-2-14-10-16(22)20(11-19-14)8-7-18-15(21)9-12-3-5-13(17)6-4-12/h3-6,10-11H,2,7-9H2,1H3,(H,18,21). The van der Waals surface area contributed by atoms with Crippen molar-refractivity contribution in [3.05, 3.63) is 64.1 Å². The van der Waals surface area contributed by atoms with Crippen LogP contribution < -0.4 is 10.9 Å². The maximum absolute atomic E-state index is 12.8. The van der Waals surface area contributed by atoms with Crippen molar-refractivity contribution in [2.45, 2.75) is 26.3 Å². The Labute approximate surface area is 127 Å². The predicted octanol–water partition coefficient (Wildman–Crippen LogP) is 1.30. The maximum atomic E-state index is 12.8. The number of benzene rings is 1. The second-order valence-electron chi connectivity index (χ2n) is 4.92. The molecule has 0 spiro atoms. The van der Waals surface area contributed by atoms with Gasteiger partial charge in [0.25, 0.3) is 5.56 Å². The Morgan fingerprint density at radius 1 is 1.32 bits per heavy atom. The van der Waals surface area contributed by atoms with Crippen molar-refractivity contribution in [1.29, 1.82) is 0 Å². The molecule has 116 valence electrons. The summed E-state index contributed by atoms with van der Waals surface area (Å²) in [5.41, 5.74) is 1.37. The molecule has 0 bridgehead atoms. The topological polar surface area (TPSA) is 64.0 Å². The number of carbonyl (C=O) groups is 1. The van der Waals surface area contributed by atoms with Gasteiger partial charge in [-0.3, -0.25) is 14.2 Å². The third kappa shape index (κ3) is 4.51. The second-order valence-corrected chi connectivity index (χ2v) is 4.92. The molecule has 6 heteroatoms. The van der Waals surface area contributed by atoms with Crippen LogP contribution in [0.3, 0.4) is 0 Å². The lowest BCUT2D eigenvalue weighted by molar-refractivity contribution is -0.120. The normalized spacial score (nSPS) is 10.5. The summed E-state index contributed by atoms with van der Waals surface area (Å²) in [6.07, 6.45) is 2.39. The molecule has 1 heterocycles. The predicted molar refractivity (Wildman–Crippen MR) is 81.0 cm³/mol. The van der Waals surface area contributed by atoms with Gasteiger partial charge in [0.05, 0.1) is 12.7 Å². The Morgan fingerprint density at radius 2 is 2.05 bits per heavy atom. The Morgan fingerprint density at radius 3 is 2.68 bits per heavy atom. The van der Waals surface area contributed by atoms with Gasteiger partial charge in [-0.25, -0.2) is 9.37 Å². The van der Waals surface area contributed by atoms with Crippen LogP contribution in [-0.2, 0) is 24.2 Å². The van der Waals surface area contributed by atoms with Crippen molar-refractivity contribution >= 4 is 5.91 Å². The smallest absolute Gasteiger partial charge is 0.253 e. The van der Waals surface area contributed by atoms with Crippen LogP contribution in [0.2, 0.25) is 0 Å². The summed E-state index contributed by atoms with van der Waals surface area (Å²) >= 11 is 0. The molecular formula is C16H18FN3O2. The fourth-order valence-electron chi connectivity index (χ4n) is 1.99. The first-order valence-electron chi connectivity index (χ1n) is 7.15. The van der Waals surface area contributed by atoms with Gasteiger partial charge in [0.1, 0.15) is 5.82 Å². The van der Waals surface area contributed by atoms with Gasteiger partial charge in [-0.1, -0.05) is 19.1 Å². The van der Waals surface area contributed by atoms with Crippen molar-refractivity contribution < 1.29 is 9.18 Å². The maximum Gasteiger partial charge on any atom is 0.253 e. The van der Waals surface area contributed by atoms with E-state index in [1.807, 2.05) is 6.92 Å². The number of aryl methyl sites for hydroxylation is 1. The van der Waals surface area contributed by atoms with Crippen molar-refractivity contribution in [1.82, 2.24) is 14.9 Å². The average Bonchev–Trinajstić information content (AvgIpc) is 2.51. The first-order valence-corrected chi connectivity index (χ1v) is 7.15. The van der Waals surface area contributed by atoms with Crippen LogP contribution in [0.15, 0.2) is 41.5 Å². The van der Waals surface area contributed by atoms with Crippen LogP contribution in [0.4, 0.5) is 4.39 Å². The highest BCUT2D eigenvalue weighted by Crippen LogP contribution is 2.03. The summed E-state index contributed by atoms with van der Waals surface area (Å²) in [5, 5.41) is 2.73. The quantitative estimate of drug-likeness (QED) is 0.875. The van der Waals surface area contributed by atoms with Gasteiger partial charge >= 0.3 is 0 Å². The highest BCUT2D eigenvalue weighted by Gasteiger charge is 2.04. The van der Waals surface area contributed by atoms with Crippen molar-refractivity contribution in [2.24, 2.45) is 0 Å². The zero-order chi connectivity index (χ0) is 15.9. The van der Waals surface area contributed by atoms with Crippen LogP contribution in [-0.4, -0.2) is 22.0 Å². The molecule has 1 N–H and O–H groups in total. The minimum Gasteiger partial charge on any atom is -0.354 e. The van der Waals surface area contributed by atoms with Crippen molar-refractivity contribution in [3.63, 3.8) is 0 Å². The van der Waals surface area contributed by atoms with Gasteiger partial charge in [-0.2, -0.15) is 0 Å². The number of aromatic nitrogens is 2. The highest BCUT2D eigenvalue weighted by atomic mass is 19.1. The van der Waals surface area contributed by atoms with E-state index < -0.39 is 0 Å². The monoisotopic (exact) mass is 303 g/mol. The SMILES string of the molecule is CCc1cc(=O)n(CCNC(=O)Cc2ccc(F)cc2)cn1. The molecule has 0 aliphatic heterocycles. The van der Waals surface area contributed by atoms with Crippen LogP contribution in [0.25, 0.3) is 0 Å². The van der Waals surface area contributed by atoms with Crippen LogP contribution in [0.5, 0.6) is 0 Å². The Hall–Kier alpha value is -2.50. The van der Waals surface area contributed by atoms with Crippen LogP contribution >= 0.6 is 0 Å². The van der Waals surface area contributed by atoms with Gasteiger partial charge in [0.15, 0.2) is 0 Å². The van der Waals surface area contributed by atoms with Gasteiger partial charge in [-0.15, -0.1) is 0 Å². The molecule has 5 nitrogen and oxygen atoms in total. The number of halogens is 1. The molecule has 0 saturated heterocycles. The Balaban J connectivity index is 1.82. The molecule has 0 unspecified atom stereocenters. The summed E-state index contributed by atoms with van der Waals surface area (Å²) in [4.78, 5) is 27.7. The third-order valence-corrected chi connectivity index (χ3v) is 3.25. The van der Waals surface area contributed by atoms with Crippen LogP contribution in [0.1, 0.15) is 18.2 Å². The highest BCUT2D eigenvalue weighted by molar-refractivity contribution is 5.78. The summed E-state index contributed by atoms with van der Waals surface area (Å²) in [7, 11) is 0. The largest absolute Gasteiger partial charge is 0.354 e. The molecule has 22 heavy (non-hydrogen) atoms. The summed E-state index contributed by atoms with van der Waals surface area (Å²) in [6.45, 7) is 2.64. The summed E-state index contributed by atoms with van der Waals surface area (Å²) < 4.78 is 14.2. The zero-order valence-corrected chi connectivity index (χ0v) is 12.4. The first kappa shape index (κ1) is 15.9. The van der Waals surface area contributed by atoms with Gasteiger partial charge in [0.2, 0.25) is 5.91 Å². The number of hydrogen-bond donors (Lipinski definition) is 1. The van der Waals surface area contributed by atoms with Crippen molar-refractivity contribution in [3.8, 4) is 0 Å². The van der Waals surface area contributed by atoms with E-state index in [2.05, 4.69) is 10.3 Å². The molecule has 0 saturated carbocycles. The summed E-state index contributed by atoms with van der Waals surface area (Å²) in [5.74, 6) is -0.496. The fraction of sp³-hybridized carbons (Fsp3) is 0.312. The second kappa shape index (κ2) is 7.49. The molecule has 0 fully saturated rings. The molecule has 0 aliphatic carbocycles. The molecular weight excluding hydrogens is 285 g/mol. The van der Waals surface area contributed by atoms with Gasteiger partial charge < -0.3 is 5.32 Å². The number of nitrogens with zero attached hydrogens (tertiary/aromatic N) is 2. The molecule has 1 amide bonds. The van der Waals surface area contributed by atoms with Crippen LogP contribution in [0, 0.1) is 5.82 Å². The zero-order valence-electron chi connectivity index (χ0n) is 12.4. The van der Waals surface area contributed by atoms with E-state index in [4.69, 9.17) is 0 Å². The molecule has 0 aliphatic rings.